The first-order chi connectivity index (χ1) is 37.0. The molecule has 0 saturated carbocycles. The second-order valence-corrected chi connectivity index (χ2v) is 17.9. The van der Waals surface area contributed by atoms with Gasteiger partial charge in [0.2, 0.25) is 0 Å². The van der Waals surface area contributed by atoms with Gasteiger partial charge in [-0.3, -0.25) is 19.2 Å². The van der Waals surface area contributed by atoms with E-state index in [-0.39, 0.29) is 71.2 Å². The topological polar surface area (TPSA) is 262 Å². The van der Waals surface area contributed by atoms with Crippen molar-refractivity contribution in [2.45, 2.75) is 37.8 Å². The molecule has 6 aromatic carbocycles. The first kappa shape index (κ1) is 56.2. The van der Waals surface area contributed by atoms with Gasteiger partial charge in [-0.05, 0) is 71.5 Å². The molecule has 398 valence electrons. The fourth-order valence-corrected chi connectivity index (χ4v) is 7.97. The number of benzene rings is 6. The number of nitrogens with two attached hydrogens (primary N) is 2. The summed E-state index contributed by atoms with van der Waals surface area (Å²) < 4.78 is 56.0. The van der Waals surface area contributed by atoms with E-state index in [0.29, 0.717) is 57.1 Å². The molecule has 0 unspecified atom stereocenters. The van der Waals surface area contributed by atoms with E-state index >= 15 is 0 Å². The van der Waals surface area contributed by atoms with Crippen LogP contribution in [-0.4, -0.2) is 95.2 Å². The first-order valence-electron chi connectivity index (χ1n) is 23.4. The number of carbonyl (C=O) groups is 4. The van der Waals surface area contributed by atoms with Crippen LogP contribution < -0.4 is 41.0 Å². The molecule has 77 heavy (non-hydrogen) atoms. The summed E-state index contributed by atoms with van der Waals surface area (Å²) in [5.41, 5.74) is 15.8. The minimum atomic E-state index is -1.07. The number of hydrogen-bond acceptors (Lipinski definition) is 17. The standard InChI is InChI=1S/C28H26ClFN4O5.C27H24ClFN4O5/c1-37-24-13-23-19(27(33-15-32-23)34-22-5-3-4-20(29)26(22)30)12-25(24)39-14-18(35)10-16-6-8-17(9-7-16)11-21(31)28(36)38-2;1-37-23-12-22-18(26(32-14-31-22)33-21-4-2-3-19(28)25(21)29)11-24(23)38-13-17(34)9-15-5-7-16(8-6-15)10-20(30)27(35)36/h3-9,12-13,15,21H,10-11,14,31H2,1-2H3,(H,32,33,34);2-8,11-12,14,20H,9-10,13,30H2,1H3,(H,35,36)(H,31,32,33)/t21-;20-/m00/s1. The highest BCUT2D eigenvalue weighted by atomic mass is 35.5. The lowest BCUT2D eigenvalue weighted by Crippen LogP contribution is -2.33. The third-order valence-electron chi connectivity index (χ3n) is 11.6. The van der Waals surface area contributed by atoms with Crippen molar-refractivity contribution in [3.63, 3.8) is 0 Å². The molecule has 0 aliphatic rings. The molecule has 0 fully saturated rings. The molecule has 8 rings (SSSR count). The summed E-state index contributed by atoms with van der Waals surface area (Å²) in [7, 11) is 4.23. The number of Topliss-reactive ketones (excluding diaryl/α,β-unsaturated/α-hetero) is 2. The number of carbonyl (C=O) groups excluding carboxylic acids is 3. The van der Waals surface area contributed by atoms with Crippen molar-refractivity contribution in [1.29, 1.82) is 0 Å². The predicted molar refractivity (Wildman–Crippen MR) is 286 cm³/mol. The van der Waals surface area contributed by atoms with E-state index in [0.717, 1.165) is 22.3 Å². The second kappa shape index (κ2) is 26.3. The van der Waals surface area contributed by atoms with Gasteiger partial charge in [0.05, 0.1) is 53.8 Å². The zero-order chi connectivity index (χ0) is 55.2. The Morgan fingerprint density at radius 1 is 0.571 bits per heavy atom. The lowest BCUT2D eigenvalue weighted by atomic mass is 10.0. The van der Waals surface area contributed by atoms with Crippen molar-refractivity contribution in [2.75, 3.05) is 45.2 Å². The van der Waals surface area contributed by atoms with Gasteiger partial charge in [-0.15, -0.1) is 0 Å². The number of esters is 1. The van der Waals surface area contributed by atoms with Crippen molar-refractivity contribution in [3.8, 4) is 23.0 Å². The lowest BCUT2D eigenvalue weighted by Gasteiger charge is -2.14. The first-order valence-corrected chi connectivity index (χ1v) is 24.1. The van der Waals surface area contributed by atoms with Gasteiger partial charge in [0, 0.05) is 35.7 Å². The molecular formula is C55H50Cl2F2N8O10. The number of ketones is 2. The smallest absolute Gasteiger partial charge is 0.322 e. The molecule has 8 aromatic rings. The molecule has 0 spiro atoms. The van der Waals surface area contributed by atoms with Crippen molar-refractivity contribution in [2.24, 2.45) is 11.5 Å². The van der Waals surface area contributed by atoms with Crippen LogP contribution in [0, 0.1) is 11.6 Å². The summed E-state index contributed by atoms with van der Waals surface area (Å²) >= 11 is 11.8. The molecule has 0 bridgehead atoms. The van der Waals surface area contributed by atoms with Gasteiger partial charge in [-0.25, -0.2) is 28.7 Å². The van der Waals surface area contributed by atoms with Crippen LogP contribution in [0.5, 0.6) is 23.0 Å². The number of nitrogens with zero attached hydrogens (tertiary/aromatic N) is 4. The molecule has 0 radical (unpaired) electrons. The maximum atomic E-state index is 14.5. The van der Waals surface area contributed by atoms with E-state index < -0.39 is 35.7 Å². The Kier molecular flexibility index (Phi) is 19.2. The number of fused-ring (bicyclic) bond motifs is 2. The normalized spacial score (nSPS) is 11.6. The zero-order valence-electron chi connectivity index (χ0n) is 41.5. The van der Waals surface area contributed by atoms with E-state index in [1.165, 1.54) is 58.2 Å². The fraction of sp³-hybridized carbons (Fsp3) is 0.200. The van der Waals surface area contributed by atoms with Gasteiger partial charge in [0.1, 0.15) is 49.6 Å². The average molecular weight is 1090 g/mol. The third kappa shape index (κ3) is 14.9. The van der Waals surface area contributed by atoms with Gasteiger partial charge in [-0.2, -0.15) is 0 Å². The van der Waals surface area contributed by atoms with Crippen LogP contribution in [0.3, 0.4) is 0 Å². The summed E-state index contributed by atoms with van der Waals surface area (Å²) in [4.78, 5) is 64.7. The van der Waals surface area contributed by atoms with Crippen LogP contribution in [0.15, 0.2) is 122 Å². The Bertz CT molecular complexity index is 3430. The summed E-state index contributed by atoms with van der Waals surface area (Å²) in [6.45, 7) is -0.441. The number of nitrogens with one attached hydrogen (secondary N) is 2. The van der Waals surface area contributed by atoms with E-state index in [4.69, 9.17) is 58.7 Å². The van der Waals surface area contributed by atoms with Crippen molar-refractivity contribution >= 4 is 91.5 Å². The fourth-order valence-electron chi connectivity index (χ4n) is 7.62. The Labute approximate surface area is 449 Å². The summed E-state index contributed by atoms with van der Waals surface area (Å²) in [6, 6.07) is 28.2. The number of carboxylic acids is 1. The molecule has 0 amide bonds. The van der Waals surface area contributed by atoms with Crippen LogP contribution in [0.1, 0.15) is 22.3 Å². The molecule has 2 heterocycles. The predicted octanol–water partition coefficient (Wildman–Crippen LogP) is 8.73. The molecule has 0 aliphatic carbocycles. The Morgan fingerprint density at radius 2 is 0.974 bits per heavy atom. The Morgan fingerprint density at radius 3 is 1.36 bits per heavy atom. The Balaban J connectivity index is 0.000000224. The van der Waals surface area contributed by atoms with Gasteiger partial charge in [0.25, 0.3) is 0 Å². The quantitative estimate of drug-likeness (QED) is 0.0397. The van der Waals surface area contributed by atoms with Gasteiger partial charge >= 0.3 is 11.9 Å². The number of hydrogen-bond donors (Lipinski definition) is 5. The number of ether oxygens (including phenoxy) is 5. The number of aliphatic carboxylic acids is 1. The molecule has 0 aliphatic heterocycles. The average Bonchev–Trinajstić information content (AvgIpc) is 3.43. The SMILES string of the molecule is COC(=O)[C@@H](N)Cc1ccc(CC(=O)COc2cc3c(Nc4cccc(Cl)c4F)ncnc3cc2OC)cc1.COc1cc2ncnc(Nc3cccc(Cl)c3F)c2cc1OCC(=O)Cc1ccc(C[C@H](N)C(=O)O)cc1. The van der Waals surface area contributed by atoms with E-state index in [2.05, 4.69) is 35.3 Å². The summed E-state index contributed by atoms with van der Waals surface area (Å²) in [5.74, 6) is -1.17. The van der Waals surface area contributed by atoms with Crippen LogP contribution in [0.25, 0.3) is 21.8 Å². The lowest BCUT2D eigenvalue weighted by molar-refractivity contribution is -0.142. The van der Waals surface area contributed by atoms with Gasteiger partial charge in [0.15, 0.2) is 46.2 Å². The van der Waals surface area contributed by atoms with E-state index in [9.17, 15) is 28.0 Å². The van der Waals surface area contributed by atoms with Crippen LogP contribution >= 0.6 is 23.2 Å². The van der Waals surface area contributed by atoms with Crippen LogP contribution in [0.2, 0.25) is 10.0 Å². The van der Waals surface area contributed by atoms with E-state index in [1.54, 1.807) is 72.8 Å². The van der Waals surface area contributed by atoms with E-state index in [1.807, 2.05) is 12.1 Å². The number of anilines is 4. The number of methoxy groups -OCH3 is 3. The van der Waals surface area contributed by atoms with Crippen molar-refractivity contribution < 1.29 is 56.7 Å². The Hall–Kier alpha value is -8.56. The number of rotatable bonds is 22. The largest absolute Gasteiger partial charge is 0.493 e. The molecule has 22 heteroatoms. The summed E-state index contributed by atoms with van der Waals surface area (Å²) in [5, 5.41) is 15.8. The molecule has 2 aromatic heterocycles. The number of carboxylic acid groups (broad SMARTS) is 1. The van der Waals surface area contributed by atoms with Crippen molar-refractivity contribution in [3.05, 3.63) is 166 Å². The maximum Gasteiger partial charge on any atom is 0.322 e. The molecule has 0 saturated heterocycles. The minimum absolute atomic E-state index is 0.0259. The highest BCUT2D eigenvalue weighted by Crippen LogP contribution is 2.37. The molecule has 18 nitrogen and oxygen atoms in total. The van der Waals surface area contributed by atoms with Crippen molar-refractivity contribution in [1.82, 2.24) is 19.9 Å². The number of halogens is 4. The highest BCUT2D eigenvalue weighted by molar-refractivity contribution is 6.31. The minimum Gasteiger partial charge on any atom is -0.493 e. The van der Waals surface area contributed by atoms with Crippen LogP contribution in [-0.2, 0) is 49.6 Å². The highest BCUT2D eigenvalue weighted by Gasteiger charge is 2.19. The van der Waals surface area contributed by atoms with Crippen LogP contribution in [0.4, 0.5) is 31.8 Å². The third-order valence-corrected chi connectivity index (χ3v) is 12.2. The second-order valence-electron chi connectivity index (χ2n) is 17.1. The number of aromatic nitrogens is 4. The van der Waals surface area contributed by atoms with Gasteiger partial charge < -0.3 is 50.9 Å². The monoisotopic (exact) mass is 1090 g/mol. The van der Waals surface area contributed by atoms with Gasteiger partial charge in [-0.1, -0.05) is 83.9 Å². The molecule has 7 N–H and O–H groups in total. The maximum absolute atomic E-state index is 14.5. The summed E-state index contributed by atoms with van der Waals surface area (Å²) in [6.07, 6.45) is 3.45. The molecular weight excluding hydrogens is 1040 g/mol. The zero-order valence-corrected chi connectivity index (χ0v) is 43.0. The molecule has 2 atom stereocenters.